The lowest BCUT2D eigenvalue weighted by Crippen LogP contribution is -2.35. The highest BCUT2D eigenvalue weighted by atomic mass is 35.5. The molecule has 0 amide bonds. The Hall–Kier alpha value is -1.04. The van der Waals surface area contributed by atoms with Gasteiger partial charge in [-0.1, -0.05) is 83.9 Å². The highest BCUT2D eigenvalue weighted by molar-refractivity contribution is 6.59. The van der Waals surface area contributed by atoms with Crippen molar-refractivity contribution in [1.29, 1.82) is 0 Å². The summed E-state index contributed by atoms with van der Waals surface area (Å²) in [6.07, 6.45) is 0. The fourth-order valence-electron chi connectivity index (χ4n) is 1.46. The Balaban J connectivity index is 1.99. The minimum Gasteiger partial charge on any atom is -0.422 e. The van der Waals surface area contributed by atoms with Gasteiger partial charge in [0, 0.05) is 5.56 Å². The SMILES string of the molecule is OB(OOC(Cl)(Cl)c1ccccc1)c1ccccc1. The summed E-state index contributed by atoms with van der Waals surface area (Å²) in [5.74, 6) is 0. The Morgan fingerprint density at radius 1 is 0.895 bits per heavy atom. The van der Waals surface area contributed by atoms with Gasteiger partial charge < -0.3 is 5.02 Å². The van der Waals surface area contributed by atoms with Crippen LogP contribution in [0.5, 0.6) is 0 Å². The van der Waals surface area contributed by atoms with Crippen LogP contribution < -0.4 is 5.46 Å². The molecular formula is C13H11BCl2O3. The molecule has 0 saturated heterocycles. The molecule has 0 atom stereocenters. The molecule has 0 aliphatic heterocycles. The van der Waals surface area contributed by atoms with Crippen molar-refractivity contribution >= 4 is 35.8 Å². The largest absolute Gasteiger partial charge is 0.523 e. The van der Waals surface area contributed by atoms with E-state index in [2.05, 4.69) is 0 Å². The summed E-state index contributed by atoms with van der Waals surface area (Å²) in [6.45, 7) is 0. The van der Waals surface area contributed by atoms with E-state index in [1.54, 1.807) is 48.5 Å². The zero-order valence-corrected chi connectivity index (χ0v) is 11.4. The van der Waals surface area contributed by atoms with Gasteiger partial charge in [0.15, 0.2) is 0 Å². The van der Waals surface area contributed by atoms with Gasteiger partial charge in [0.25, 0.3) is 4.52 Å². The highest BCUT2D eigenvalue weighted by Gasteiger charge is 2.31. The van der Waals surface area contributed by atoms with E-state index in [1.807, 2.05) is 12.1 Å². The van der Waals surface area contributed by atoms with E-state index in [0.29, 0.717) is 11.0 Å². The van der Waals surface area contributed by atoms with E-state index >= 15 is 0 Å². The molecule has 19 heavy (non-hydrogen) atoms. The third-order valence-corrected chi connectivity index (χ3v) is 3.00. The topological polar surface area (TPSA) is 38.7 Å². The predicted octanol–water partition coefficient (Wildman–Crippen LogP) is 2.61. The van der Waals surface area contributed by atoms with Crippen molar-refractivity contribution in [3.05, 3.63) is 66.2 Å². The second kappa shape index (κ2) is 6.41. The van der Waals surface area contributed by atoms with Crippen LogP contribution in [0.4, 0.5) is 0 Å². The molecule has 1 N–H and O–H groups in total. The van der Waals surface area contributed by atoms with Gasteiger partial charge in [0.05, 0.1) is 0 Å². The van der Waals surface area contributed by atoms with Crippen molar-refractivity contribution in [2.45, 2.75) is 4.52 Å². The maximum absolute atomic E-state index is 9.77. The first-order valence-corrected chi connectivity index (χ1v) is 6.36. The van der Waals surface area contributed by atoms with Crippen LogP contribution in [0.3, 0.4) is 0 Å². The molecule has 3 nitrogen and oxygen atoms in total. The molecule has 0 unspecified atom stereocenters. The molecule has 0 aromatic heterocycles. The Morgan fingerprint density at radius 2 is 1.42 bits per heavy atom. The number of benzene rings is 2. The van der Waals surface area contributed by atoms with Gasteiger partial charge in [-0.25, -0.2) is 4.89 Å². The molecule has 2 aromatic carbocycles. The maximum Gasteiger partial charge on any atom is 0.523 e. The zero-order chi connectivity index (χ0) is 13.7. The summed E-state index contributed by atoms with van der Waals surface area (Å²) in [6, 6.07) is 17.5. The third-order valence-electron chi connectivity index (χ3n) is 2.44. The second-order valence-corrected chi connectivity index (χ2v) is 5.08. The van der Waals surface area contributed by atoms with Gasteiger partial charge in [-0.2, -0.15) is 0 Å². The van der Waals surface area contributed by atoms with Crippen molar-refractivity contribution < 1.29 is 14.7 Å². The molecule has 0 saturated carbocycles. The Labute approximate surface area is 121 Å². The number of hydrogen-bond donors (Lipinski definition) is 1. The number of hydrogen-bond acceptors (Lipinski definition) is 3. The van der Waals surface area contributed by atoms with Crippen molar-refractivity contribution in [2.24, 2.45) is 0 Å². The Bertz CT molecular complexity index is 508. The van der Waals surface area contributed by atoms with Crippen LogP contribution in [0.25, 0.3) is 0 Å². The molecule has 0 fully saturated rings. The van der Waals surface area contributed by atoms with E-state index in [9.17, 15) is 5.02 Å². The molecular weight excluding hydrogens is 286 g/mol. The monoisotopic (exact) mass is 296 g/mol. The smallest absolute Gasteiger partial charge is 0.422 e. The van der Waals surface area contributed by atoms with Gasteiger partial charge >= 0.3 is 7.12 Å². The molecule has 2 rings (SSSR count). The lowest BCUT2D eigenvalue weighted by atomic mass is 9.80. The van der Waals surface area contributed by atoms with Gasteiger partial charge in [-0.15, -0.1) is 0 Å². The van der Waals surface area contributed by atoms with Crippen LogP contribution in [0, 0.1) is 0 Å². The van der Waals surface area contributed by atoms with Crippen LogP contribution in [0.2, 0.25) is 0 Å². The number of halogens is 2. The zero-order valence-electron chi connectivity index (χ0n) is 9.87. The van der Waals surface area contributed by atoms with Gasteiger partial charge in [-0.3, -0.25) is 4.81 Å². The molecule has 0 spiro atoms. The van der Waals surface area contributed by atoms with Crippen molar-refractivity contribution in [2.75, 3.05) is 0 Å². The molecule has 0 aliphatic carbocycles. The van der Waals surface area contributed by atoms with Crippen LogP contribution in [-0.4, -0.2) is 12.1 Å². The fourth-order valence-corrected chi connectivity index (χ4v) is 1.78. The normalized spacial score (nSPS) is 11.3. The van der Waals surface area contributed by atoms with Gasteiger partial charge in [0.1, 0.15) is 0 Å². The molecule has 0 aliphatic rings. The first-order chi connectivity index (χ1) is 9.09. The highest BCUT2D eigenvalue weighted by Crippen LogP contribution is 2.35. The third kappa shape index (κ3) is 3.96. The van der Waals surface area contributed by atoms with E-state index < -0.39 is 11.6 Å². The average Bonchev–Trinajstić information content (AvgIpc) is 2.47. The summed E-state index contributed by atoms with van der Waals surface area (Å²) >= 11 is 12.0. The second-order valence-electron chi connectivity index (χ2n) is 3.83. The molecule has 2 aromatic rings. The van der Waals surface area contributed by atoms with E-state index in [1.165, 1.54) is 0 Å². The van der Waals surface area contributed by atoms with Crippen molar-refractivity contribution in [3.63, 3.8) is 0 Å². The van der Waals surface area contributed by atoms with Gasteiger partial charge in [-0.05, 0) is 5.46 Å². The molecule has 98 valence electrons. The van der Waals surface area contributed by atoms with Crippen LogP contribution in [0.1, 0.15) is 5.56 Å². The molecule has 6 heteroatoms. The van der Waals surface area contributed by atoms with Crippen LogP contribution in [0.15, 0.2) is 60.7 Å². The van der Waals surface area contributed by atoms with E-state index in [0.717, 1.165) is 0 Å². The Morgan fingerprint density at radius 3 is 2.00 bits per heavy atom. The Kier molecular flexibility index (Phi) is 4.85. The summed E-state index contributed by atoms with van der Waals surface area (Å²) in [5.41, 5.74) is 1.05. The maximum atomic E-state index is 9.77. The molecule has 0 radical (unpaired) electrons. The number of alkyl halides is 2. The number of rotatable bonds is 5. The molecule has 0 heterocycles. The summed E-state index contributed by atoms with van der Waals surface area (Å²) < 4.78 is -1.68. The van der Waals surface area contributed by atoms with E-state index in [4.69, 9.17) is 32.9 Å². The van der Waals surface area contributed by atoms with Gasteiger partial charge in [0.2, 0.25) is 0 Å². The van der Waals surface area contributed by atoms with Crippen molar-refractivity contribution in [1.82, 2.24) is 0 Å². The lowest BCUT2D eigenvalue weighted by Gasteiger charge is -2.20. The first-order valence-electron chi connectivity index (χ1n) is 5.60. The first kappa shape index (κ1) is 14.4. The summed E-state index contributed by atoms with van der Waals surface area (Å²) in [7, 11) is -1.26. The standard InChI is InChI=1S/C13H11BCl2O3/c15-13(16,11-7-3-1-4-8-11)18-19-14(17)12-9-5-2-6-10-12/h1-10,17H. The quantitative estimate of drug-likeness (QED) is 0.399. The minimum atomic E-state index is -1.68. The minimum absolute atomic E-state index is 0.513. The molecule has 0 bridgehead atoms. The summed E-state index contributed by atoms with van der Waals surface area (Å²) in [4.78, 5) is 9.75. The fraction of sp³-hybridized carbons (Fsp3) is 0.0769. The predicted molar refractivity (Wildman–Crippen MR) is 76.0 cm³/mol. The summed E-state index contributed by atoms with van der Waals surface area (Å²) in [5, 5.41) is 9.77. The van der Waals surface area contributed by atoms with Crippen LogP contribution >= 0.6 is 23.2 Å². The lowest BCUT2D eigenvalue weighted by molar-refractivity contribution is -0.252. The van der Waals surface area contributed by atoms with E-state index in [-0.39, 0.29) is 0 Å². The average molecular weight is 297 g/mol. The van der Waals surface area contributed by atoms with Crippen LogP contribution in [-0.2, 0) is 14.2 Å². The van der Waals surface area contributed by atoms with Crippen molar-refractivity contribution in [3.8, 4) is 0 Å².